The second-order valence-electron chi connectivity index (χ2n) is 7.07. The fourth-order valence-electron chi connectivity index (χ4n) is 2.85. The molecule has 0 radical (unpaired) electrons. The maximum absolute atomic E-state index is 12.4. The molecule has 0 aliphatic carbocycles. The molecule has 0 unspecified atom stereocenters. The summed E-state index contributed by atoms with van der Waals surface area (Å²) in [5.41, 5.74) is 1.02. The van der Waals surface area contributed by atoms with Crippen molar-refractivity contribution in [2.45, 2.75) is 45.3 Å². The summed E-state index contributed by atoms with van der Waals surface area (Å²) in [5.74, 6) is 0. The Morgan fingerprint density at radius 1 is 1.50 bits per heavy atom. The Hall–Kier alpha value is -1.60. The van der Waals surface area contributed by atoms with Crippen LogP contribution in [-0.2, 0) is 4.74 Å². The quantitative estimate of drug-likeness (QED) is 0.811. The van der Waals surface area contributed by atoms with Crippen LogP contribution in [0.1, 0.15) is 33.6 Å². The summed E-state index contributed by atoms with van der Waals surface area (Å²) in [6.07, 6.45) is 5.29. The van der Waals surface area contributed by atoms with Crippen LogP contribution in [-0.4, -0.2) is 40.4 Å². The number of hydrogen-bond donors (Lipinski definition) is 2. The van der Waals surface area contributed by atoms with E-state index in [0.717, 1.165) is 41.5 Å². The second kappa shape index (κ2) is 6.72. The van der Waals surface area contributed by atoms with Crippen LogP contribution in [0, 0.1) is 0 Å². The number of pyridine rings is 1. The summed E-state index contributed by atoms with van der Waals surface area (Å²) in [6, 6.07) is 2.26. The molecule has 0 bridgehead atoms. The van der Waals surface area contributed by atoms with Gasteiger partial charge in [0.25, 0.3) is 0 Å². The average molecular weight is 395 g/mol. The first-order valence-corrected chi connectivity index (χ1v) is 9.00. The molecule has 3 heterocycles. The SMILES string of the molecule is CC(C)(C)OC(=O)n1ccc2c(N[C@@H]3CCCNC3)c(Br)cnc21. The number of hydrogen-bond acceptors (Lipinski definition) is 5. The number of aromatic nitrogens is 2. The first-order chi connectivity index (χ1) is 11.3. The van der Waals surface area contributed by atoms with Gasteiger partial charge in [-0.15, -0.1) is 0 Å². The molecule has 0 saturated carbocycles. The van der Waals surface area contributed by atoms with Crippen LogP contribution in [0.25, 0.3) is 11.0 Å². The Bertz CT molecular complexity index is 745. The van der Waals surface area contributed by atoms with Gasteiger partial charge in [-0.3, -0.25) is 0 Å². The standard InChI is InChI=1S/C17H23BrN4O2/c1-17(2,3)24-16(23)22-8-6-12-14(13(18)10-20-15(12)22)21-11-5-4-7-19-9-11/h6,8,10-11,19H,4-5,7,9H2,1-3H3,(H,20,21)/t11-/m1/s1. The maximum atomic E-state index is 12.4. The third-order valence-electron chi connectivity index (χ3n) is 3.90. The molecule has 1 aliphatic rings. The molecule has 6 nitrogen and oxygen atoms in total. The summed E-state index contributed by atoms with van der Waals surface area (Å²) >= 11 is 3.57. The zero-order valence-electron chi connectivity index (χ0n) is 14.2. The Morgan fingerprint density at radius 2 is 2.29 bits per heavy atom. The zero-order valence-corrected chi connectivity index (χ0v) is 15.8. The van der Waals surface area contributed by atoms with E-state index in [9.17, 15) is 4.79 Å². The summed E-state index contributed by atoms with van der Waals surface area (Å²) in [7, 11) is 0. The molecule has 130 valence electrons. The Labute approximate surface area is 150 Å². The van der Waals surface area contributed by atoms with E-state index in [-0.39, 0.29) is 0 Å². The molecule has 24 heavy (non-hydrogen) atoms. The number of carbonyl (C=O) groups is 1. The van der Waals surface area contributed by atoms with E-state index in [2.05, 4.69) is 31.5 Å². The molecular weight excluding hydrogens is 372 g/mol. The van der Waals surface area contributed by atoms with Gasteiger partial charge in [0.1, 0.15) is 5.60 Å². The fraction of sp³-hybridized carbons (Fsp3) is 0.529. The number of piperidine rings is 1. The molecule has 1 fully saturated rings. The van der Waals surface area contributed by atoms with Gasteiger partial charge in [0.15, 0.2) is 5.65 Å². The van der Waals surface area contributed by atoms with Gasteiger partial charge in [0, 0.05) is 30.4 Å². The number of rotatable bonds is 2. The van der Waals surface area contributed by atoms with Gasteiger partial charge in [0.05, 0.1) is 10.2 Å². The van der Waals surface area contributed by atoms with Crippen LogP contribution in [0.4, 0.5) is 10.5 Å². The zero-order chi connectivity index (χ0) is 17.3. The highest BCUT2D eigenvalue weighted by molar-refractivity contribution is 9.10. The lowest BCUT2D eigenvalue weighted by molar-refractivity contribution is 0.0543. The van der Waals surface area contributed by atoms with Crippen LogP contribution in [0.3, 0.4) is 0 Å². The van der Waals surface area contributed by atoms with Crippen molar-refractivity contribution in [1.29, 1.82) is 0 Å². The first kappa shape index (κ1) is 17.2. The maximum Gasteiger partial charge on any atom is 0.420 e. The van der Waals surface area contributed by atoms with Crippen molar-refractivity contribution in [3.63, 3.8) is 0 Å². The molecule has 1 saturated heterocycles. The summed E-state index contributed by atoms with van der Waals surface area (Å²) in [6.45, 7) is 7.56. The third-order valence-corrected chi connectivity index (χ3v) is 4.50. The van der Waals surface area contributed by atoms with Gasteiger partial charge < -0.3 is 15.4 Å². The van der Waals surface area contributed by atoms with Crippen molar-refractivity contribution in [3.05, 3.63) is 22.9 Å². The highest BCUT2D eigenvalue weighted by atomic mass is 79.9. The Kier molecular flexibility index (Phi) is 4.83. The normalized spacial score (nSPS) is 18.6. The van der Waals surface area contributed by atoms with E-state index in [1.165, 1.54) is 4.57 Å². The lowest BCUT2D eigenvalue weighted by atomic mass is 10.1. The minimum absolute atomic E-state index is 0.366. The van der Waals surface area contributed by atoms with Gasteiger partial charge in [-0.25, -0.2) is 14.3 Å². The molecule has 1 atom stereocenters. The van der Waals surface area contributed by atoms with Crippen LogP contribution in [0.2, 0.25) is 0 Å². The van der Waals surface area contributed by atoms with Gasteiger partial charge in [-0.1, -0.05) is 0 Å². The topological polar surface area (TPSA) is 68.2 Å². The number of anilines is 1. The monoisotopic (exact) mass is 394 g/mol. The van der Waals surface area contributed by atoms with Gasteiger partial charge in [-0.2, -0.15) is 0 Å². The van der Waals surface area contributed by atoms with Gasteiger partial charge in [0.2, 0.25) is 0 Å². The van der Waals surface area contributed by atoms with Crippen molar-refractivity contribution >= 4 is 38.7 Å². The minimum Gasteiger partial charge on any atom is -0.443 e. The van der Waals surface area contributed by atoms with Gasteiger partial charge >= 0.3 is 6.09 Å². The van der Waals surface area contributed by atoms with Crippen molar-refractivity contribution in [2.24, 2.45) is 0 Å². The van der Waals surface area contributed by atoms with Crippen LogP contribution in [0.5, 0.6) is 0 Å². The van der Waals surface area contributed by atoms with E-state index in [4.69, 9.17) is 4.74 Å². The number of ether oxygens (including phenoxy) is 1. The van der Waals surface area contributed by atoms with E-state index in [0.29, 0.717) is 11.7 Å². The van der Waals surface area contributed by atoms with Crippen LogP contribution >= 0.6 is 15.9 Å². The molecule has 0 aromatic carbocycles. The predicted octanol–water partition coefficient (Wildman–Crippen LogP) is 3.75. The highest BCUT2D eigenvalue weighted by Gasteiger charge is 2.22. The highest BCUT2D eigenvalue weighted by Crippen LogP contribution is 2.32. The molecule has 1 aliphatic heterocycles. The lowest BCUT2D eigenvalue weighted by Crippen LogP contribution is -2.38. The molecule has 2 aromatic heterocycles. The Balaban J connectivity index is 1.93. The summed E-state index contributed by atoms with van der Waals surface area (Å²) in [5, 5.41) is 7.88. The largest absolute Gasteiger partial charge is 0.443 e. The number of nitrogens with one attached hydrogen (secondary N) is 2. The Morgan fingerprint density at radius 3 is 2.96 bits per heavy atom. The predicted molar refractivity (Wildman–Crippen MR) is 98.6 cm³/mol. The van der Waals surface area contributed by atoms with E-state index in [1.54, 1.807) is 12.4 Å². The number of fused-ring (bicyclic) bond motifs is 1. The average Bonchev–Trinajstić information content (AvgIpc) is 2.94. The summed E-state index contributed by atoms with van der Waals surface area (Å²) in [4.78, 5) is 16.8. The minimum atomic E-state index is -0.544. The van der Waals surface area contributed by atoms with Gasteiger partial charge in [-0.05, 0) is 62.2 Å². The number of nitrogens with zero attached hydrogens (tertiary/aromatic N) is 2. The summed E-state index contributed by atoms with van der Waals surface area (Å²) < 4.78 is 7.80. The molecule has 7 heteroatoms. The third kappa shape index (κ3) is 3.72. The van der Waals surface area contributed by atoms with Crippen LogP contribution < -0.4 is 10.6 Å². The molecule has 2 aromatic rings. The molecular formula is C17H23BrN4O2. The van der Waals surface area contributed by atoms with Crippen molar-refractivity contribution in [3.8, 4) is 0 Å². The smallest absolute Gasteiger partial charge is 0.420 e. The van der Waals surface area contributed by atoms with E-state index in [1.807, 2.05) is 26.8 Å². The van der Waals surface area contributed by atoms with Crippen molar-refractivity contribution < 1.29 is 9.53 Å². The second-order valence-corrected chi connectivity index (χ2v) is 7.93. The molecule has 2 N–H and O–H groups in total. The molecule has 0 amide bonds. The first-order valence-electron chi connectivity index (χ1n) is 8.21. The number of halogens is 1. The van der Waals surface area contributed by atoms with E-state index < -0.39 is 11.7 Å². The molecule has 0 spiro atoms. The lowest BCUT2D eigenvalue weighted by Gasteiger charge is -2.25. The van der Waals surface area contributed by atoms with Crippen molar-refractivity contribution in [1.82, 2.24) is 14.9 Å². The molecule has 3 rings (SSSR count). The fourth-order valence-corrected chi connectivity index (χ4v) is 3.28. The van der Waals surface area contributed by atoms with Crippen LogP contribution in [0.15, 0.2) is 22.9 Å². The number of carbonyl (C=O) groups excluding carboxylic acids is 1. The van der Waals surface area contributed by atoms with Crippen molar-refractivity contribution in [2.75, 3.05) is 18.4 Å². The van der Waals surface area contributed by atoms with E-state index >= 15 is 0 Å².